The van der Waals surface area contributed by atoms with Gasteiger partial charge in [-0.3, -0.25) is 4.79 Å². The lowest BCUT2D eigenvalue weighted by molar-refractivity contribution is -0.148. The molecule has 0 fully saturated rings. The zero-order chi connectivity index (χ0) is 14.0. The predicted octanol–water partition coefficient (Wildman–Crippen LogP) is 2.45. The Kier molecular flexibility index (Phi) is 4.40. The second-order valence-corrected chi connectivity index (χ2v) is 6.87. The molecule has 100 valence electrons. The summed E-state index contributed by atoms with van der Waals surface area (Å²) in [4.78, 5) is 11.8. The summed E-state index contributed by atoms with van der Waals surface area (Å²) in [6.45, 7) is 5.47. The third-order valence-corrected chi connectivity index (χ3v) is 4.01. The molecule has 0 amide bonds. The standard InChI is InChI=1S/C12H15ClO4S/c1-4-17-11(14)12(2,3)9-5-7-10(8-6-9)18(13,15)16/h5-8H,4H2,1-3H3. The number of ether oxygens (including phenoxy) is 1. The zero-order valence-corrected chi connectivity index (χ0v) is 12.0. The fraction of sp³-hybridized carbons (Fsp3) is 0.417. The van der Waals surface area contributed by atoms with Crippen LogP contribution < -0.4 is 0 Å². The van der Waals surface area contributed by atoms with Crippen LogP contribution in [0.1, 0.15) is 26.3 Å². The Balaban J connectivity index is 3.08. The molecule has 0 aliphatic carbocycles. The second kappa shape index (κ2) is 5.28. The topological polar surface area (TPSA) is 60.4 Å². The van der Waals surface area contributed by atoms with E-state index in [9.17, 15) is 13.2 Å². The molecule has 4 nitrogen and oxygen atoms in total. The monoisotopic (exact) mass is 290 g/mol. The van der Waals surface area contributed by atoms with Crippen LogP contribution in [0.25, 0.3) is 0 Å². The molecule has 1 rings (SSSR count). The van der Waals surface area contributed by atoms with Crippen molar-refractivity contribution in [2.75, 3.05) is 6.61 Å². The van der Waals surface area contributed by atoms with E-state index in [1.165, 1.54) is 12.1 Å². The lowest BCUT2D eigenvalue weighted by Crippen LogP contribution is -2.31. The highest BCUT2D eigenvalue weighted by Gasteiger charge is 2.31. The van der Waals surface area contributed by atoms with Gasteiger partial charge >= 0.3 is 5.97 Å². The van der Waals surface area contributed by atoms with Crippen molar-refractivity contribution in [2.24, 2.45) is 0 Å². The van der Waals surface area contributed by atoms with Crippen LogP contribution in [0.5, 0.6) is 0 Å². The smallest absolute Gasteiger partial charge is 0.315 e. The molecule has 0 atom stereocenters. The van der Waals surface area contributed by atoms with Gasteiger partial charge in [0, 0.05) is 10.7 Å². The Hall–Kier alpha value is -1.07. The number of carbonyl (C=O) groups excluding carboxylic acids is 1. The second-order valence-electron chi connectivity index (χ2n) is 4.31. The van der Waals surface area contributed by atoms with Crippen molar-refractivity contribution < 1.29 is 17.9 Å². The van der Waals surface area contributed by atoms with Crippen LogP contribution in [-0.2, 0) is 24.0 Å². The van der Waals surface area contributed by atoms with Gasteiger partial charge < -0.3 is 4.74 Å². The van der Waals surface area contributed by atoms with Gasteiger partial charge in [-0.1, -0.05) is 12.1 Å². The molecule has 0 spiro atoms. The molecule has 0 aliphatic rings. The van der Waals surface area contributed by atoms with E-state index in [0.29, 0.717) is 12.2 Å². The fourth-order valence-corrected chi connectivity index (χ4v) is 2.23. The van der Waals surface area contributed by atoms with Crippen molar-refractivity contribution in [1.82, 2.24) is 0 Å². The highest BCUT2D eigenvalue weighted by Crippen LogP contribution is 2.26. The summed E-state index contributed by atoms with van der Waals surface area (Å²) in [5.74, 6) is -0.355. The maximum absolute atomic E-state index is 11.8. The Morgan fingerprint density at radius 1 is 1.28 bits per heavy atom. The lowest BCUT2D eigenvalue weighted by Gasteiger charge is -2.22. The summed E-state index contributed by atoms with van der Waals surface area (Å²) in [5.41, 5.74) is -0.157. The number of esters is 1. The molecule has 0 aromatic heterocycles. The Morgan fingerprint density at radius 3 is 2.17 bits per heavy atom. The number of hydrogen-bond acceptors (Lipinski definition) is 4. The highest BCUT2D eigenvalue weighted by molar-refractivity contribution is 8.13. The van der Waals surface area contributed by atoms with E-state index in [1.54, 1.807) is 32.9 Å². The van der Waals surface area contributed by atoms with Crippen LogP contribution in [0.4, 0.5) is 0 Å². The molecule has 1 aromatic rings. The van der Waals surface area contributed by atoms with E-state index in [4.69, 9.17) is 15.4 Å². The summed E-state index contributed by atoms with van der Waals surface area (Å²) in [6, 6.07) is 5.87. The number of halogens is 1. The van der Waals surface area contributed by atoms with Crippen molar-refractivity contribution >= 4 is 25.7 Å². The van der Waals surface area contributed by atoms with Gasteiger partial charge in [0.2, 0.25) is 0 Å². The van der Waals surface area contributed by atoms with Crippen molar-refractivity contribution in [3.63, 3.8) is 0 Å². The van der Waals surface area contributed by atoms with Crippen LogP contribution >= 0.6 is 10.7 Å². The zero-order valence-electron chi connectivity index (χ0n) is 10.4. The van der Waals surface area contributed by atoms with Gasteiger partial charge in [-0.15, -0.1) is 0 Å². The number of rotatable bonds is 4. The van der Waals surface area contributed by atoms with Gasteiger partial charge in [0.25, 0.3) is 9.05 Å². The van der Waals surface area contributed by atoms with Crippen molar-refractivity contribution in [3.8, 4) is 0 Å². The molecule has 0 saturated carbocycles. The van der Waals surface area contributed by atoms with Crippen LogP contribution in [-0.4, -0.2) is 21.0 Å². The molecule has 0 saturated heterocycles. The molecule has 18 heavy (non-hydrogen) atoms. The molecule has 0 bridgehead atoms. The summed E-state index contributed by atoms with van der Waals surface area (Å²) in [7, 11) is 1.48. The highest BCUT2D eigenvalue weighted by atomic mass is 35.7. The first-order valence-corrected chi connectivity index (χ1v) is 7.73. The van der Waals surface area contributed by atoms with E-state index in [-0.39, 0.29) is 10.9 Å². The summed E-state index contributed by atoms with van der Waals surface area (Å²) < 4.78 is 27.2. The van der Waals surface area contributed by atoms with Crippen LogP contribution in [0.2, 0.25) is 0 Å². The number of carbonyl (C=O) groups is 1. The fourth-order valence-electron chi connectivity index (χ4n) is 1.46. The van der Waals surface area contributed by atoms with E-state index in [0.717, 1.165) is 0 Å². The molecule has 0 radical (unpaired) electrons. The first-order valence-electron chi connectivity index (χ1n) is 5.42. The van der Waals surface area contributed by atoms with E-state index in [2.05, 4.69) is 0 Å². The maximum Gasteiger partial charge on any atom is 0.315 e. The van der Waals surface area contributed by atoms with Gasteiger partial charge in [0.05, 0.1) is 16.9 Å². The minimum atomic E-state index is -3.74. The van der Waals surface area contributed by atoms with Gasteiger partial charge in [-0.2, -0.15) is 0 Å². The van der Waals surface area contributed by atoms with Gasteiger partial charge in [0.15, 0.2) is 0 Å². The number of hydrogen-bond donors (Lipinski definition) is 0. The van der Waals surface area contributed by atoms with E-state index in [1.807, 2.05) is 0 Å². The van der Waals surface area contributed by atoms with Gasteiger partial charge in [0.1, 0.15) is 0 Å². The number of benzene rings is 1. The summed E-state index contributed by atoms with van der Waals surface area (Å²) in [5, 5.41) is 0. The van der Waals surface area contributed by atoms with Crippen molar-refractivity contribution in [2.45, 2.75) is 31.1 Å². The summed E-state index contributed by atoms with van der Waals surface area (Å²) in [6.07, 6.45) is 0. The van der Waals surface area contributed by atoms with Crippen LogP contribution in [0, 0.1) is 0 Å². The lowest BCUT2D eigenvalue weighted by atomic mass is 9.85. The maximum atomic E-state index is 11.8. The first kappa shape index (κ1) is 15.0. The van der Waals surface area contributed by atoms with Crippen molar-refractivity contribution in [3.05, 3.63) is 29.8 Å². The average molecular weight is 291 g/mol. The molecular weight excluding hydrogens is 276 g/mol. The molecule has 0 aliphatic heterocycles. The minimum Gasteiger partial charge on any atom is -0.465 e. The normalized spacial score (nSPS) is 12.2. The average Bonchev–Trinajstić information content (AvgIpc) is 2.28. The first-order chi connectivity index (χ1) is 8.19. The third kappa shape index (κ3) is 3.23. The largest absolute Gasteiger partial charge is 0.465 e. The van der Waals surface area contributed by atoms with E-state index < -0.39 is 14.5 Å². The molecule has 6 heteroatoms. The van der Waals surface area contributed by atoms with Gasteiger partial charge in [-0.25, -0.2) is 8.42 Å². The molecule has 0 heterocycles. The molecule has 0 unspecified atom stereocenters. The minimum absolute atomic E-state index is 0.00701. The molecular formula is C12H15ClO4S. The van der Waals surface area contributed by atoms with Gasteiger partial charge in [-0.05, 0) is 38.5 Å². The molecule has 1 aromatic carbocycles. The van der Waals surface area contributed by atoms with Crippen LogP contribution in [0.15, 0.2) is 29.2 Å². The molecule has 0 N–H and O–H groups in total. The Bertz CT molecular complexity index is 532. The van der Waals surface area contributed by atoms with Crippen molar-refractivity contribution in [1.29, 1.82) is 0 Å². The van der Waals surface area contributed by atoms with E-state index >= 15 is 0 Å². The Morgan fingerprint density at radius 2 is 1.78 bits per heavy atom. The van der Waals surface area contributed by atoms with Crippen LogP contribution in [0.3, 0.4) is 0 Å². The SMILES string of the molecule is CCOC(=O)C(C)(C)c1ccc(S(=O)(=O)Cl)cc1. The third-order valence-electron chi connectivity index (χ3n) is 2.64. The summed E-state index contributed by atoms with van der Waals surface area (Å²) >= 11 is 0. The predicted molar refractivity (Wildman–Crippen MR) is 69.1 cm³/mol. The Labute approximate surface area is 111 Å². The quantitative estimate of drug-likeness (QED) is 0.631.